The van der Waals surface area contributed by atoms with Crippen LogP contribution in [0.2, 0.25) is 0 Å². The molecule has 1 aliphatic rings. The first kappa shape index (κ1) is 7.42. The highest BCUT2D eigenvalue weighted by molar-refractivity contribution is 4.95. The van der Waals surface area contributed by atoms with Crippen molar-refractivity contribution >= 4 is 0 Å². The molecule has 1 unspecified atom stereocenters. The highest BCUT2D eigenvalue weighted by atomic mass is 19.3. The molecule has 1 aliphatic heterocycles. The molecule has 0 aromatic rings. The SMILES string of the molecule is N#CC1CCC(F)(F)CN1. The molecule has 10 heavy (non-hydrogen) atoms. The minimum absolute atomic E-state index is 0.168. The Balaban J connectivity index is 2.40. The summed E-state index contributed by atoms with van der Waals surface area (Å²) in [6.45, 7) is -0.356. The fourth-order valence-corrected chi connectivity index (χ4v) is 0.929. The average Bonchev–Trinajstić information content (AvgIpc) is 1.88. The summed E-state index contributed by atoms with van der Waals surface area (Å²) < 4.78 is 24.7. The highest BCUT2D eigenvalue weighted by Gasteiger charge is 2.34. The Labute approximate surface area is 57.8 Å². The minimum atomic E-state index is -2.60. The van der Waals surface area contributed by atoms with Gasteiger partial charge in [0.25, 0.3) is 5.92 Å². The molecule has 0 aromatic carbocycles. The molecule has 0 bridgehead atoms. The Kier molecular flexibility index (Phi) is 1.86. The zero-order chi connectivity index (χ0) is 7.61. The normalized spacial score (nSPS) is 31.1. The lowest BCUT2D eigenvalue weighted by Crippen LogP contribution is -2.44. The van der Waals surface area contributed by atoms with E-state index in [0.717, 1.165) is 0 Å². The lowest BCUT2D eigenvalue weighted by Gasteiger charge is -2.25. The van der Waals surface area contributed by atoms with E-state index in [9.17, 15) is 8.78 Å². The van der Waals surface area contributed by atoms with Crippen LogP contribution < -0.4 is 5.32 Å². The van der Waals surface area contributed by atoms with E-state index in [0.29, 0.717) is 0 Å². The van der Waals surface area contributed by atoms with Gasteiger partial charge in [-0.3, -0.25) is 5.32 Å². The van der Waals surface area contributed by atoms with Gasteiger partial charge >= 0.3 is 0 Å². The molecule has 0 saturated carbocycles. The number of nitrogens with one attached hydrogen (secondary N) is 1. The van der Waals surface area contributed by atoms with Gasteiger partial charge in [0.05, 0.1) is 18.7 Å². The van der Waals surface area contributed by atoms with Crippen molar-refractivity contribution in [2.45, 2.75) is 24.8 Å². The first-order chi connectivity index (χ1) is 4.64. The van der Waals surface area contributed by atoms with Gasteiger partial charge in [-0.05, 0) is 6.42 Å². The van der Waals surface area contributed by atoms with Crippen LogP contribution in [0.15, 0.2) is 0 Å². The van der Waals surface area contributed by atoms with Crippen LogP contribution >= 0.6 is 0 Å². The van der Waals surface area contributed by atoms with Crippen LogP contribution in [0.4, 0.5) is 8.78 Å². The van der Waals surface area contributed by atoms with Crippen LogP contribution in [0.3, 0.4) is 0 Å². The molecular formula is C6H8F2N2. The summed E-state index contributed by atoms with van der Waals surface area (Å²) in [6.07, 6.45) is 0.0850. The van der Waals surface area contributed by atoms with E-state index in [1.54, 1.807) is 0 Å². The van der Waals surface area contributed by atoms with Gasteiger partial charge in [-0.2, -0.15) is 5.26 Å². The number of nitriles is 1. The molecule has 1 fully saturated rings. The van der Waals surface area contributed by atoms with Gasteiger partial charge in [-0.15, -0.1) is 0 Å². The second-order valence-corrected chi connectivity index (χ2v) is 2.46. The van der Waals surface area contributed by atoms with Crippen molar-refractivity contribution in [1.29, 1.82) is 5.26 Å². The summed E-state index contributed by atoms with van der Waals surface area (Å²) in [6, 6.07) is 1.52. The van der Waals surface area contributed by atoms with Gasteiger partial charge in [-0.1, -0.05) is 0 Å². The number of hydrogen-bond acceptors (Lipinski definition) is 2. The predicted molar refractivity (Wildman–Crippen MR) is 31.6 cm³/mol. The maximum Gasteiger partial charge on any atom is 0.260 e. The second-order valence-electron chi connectivity index (χ2n) is 2.46. The number of hydrogen-bond donors (Lipinski definition) is 1. The van der Waals surface area contributed by atoms with Gasteiger partial charge in [0.1, 0.15) is 0 Å². The zero-order valence-electron chi connectivity index (χ0n) is 5.40. The summed E-state index contributed by atoms with van der Waals surface area (Å²) >= 11 is 0. The molecule has 56 valence electrons. The average molecular weight is 146 g/mol. The number of halogens is 2. The molecule has 0 amide bonds. The summed E-state index contributed by atoms with van der Waals surface area (Å²) in [7, 11) is 0. The summed E-state index contributed by atoms with van der Waals surface area (Å²) in [5.41, 5.74) is 0. The van der Waals surface area contributed by atoms with Crippen LogP contribution in [0, 0.1) is 11.3 Å². The topological polar surface area (TPSA) is 35.8 Å². The fraction of sp³-hybridized carbons (Fsp3) is 0.833. The number of rotatable bonds is 0. The minimum Gasteiger partial charge on any atom is -0.296 e. The number of nitrogens with zero attached hydrogens (tertiary/aromatic N) is 1. The van der Waals surface area contributed by atoms with Gasteiger partial charge in [0.15, 0.2) is 0 Å². The molecule has 1 rings (SSSR count). The monoisotopic (exact) mass is 146 g/mol. The predicted octanol–water partition coefficient (Wildman–Crippen LogP) is 0.897. The lowest BCUT2D eigenvalue weighted by molar-refractivity contribution is -0.0257. The Bertz CT molecular complexity index is 152. The van der Waals surface area contributed by atoms with Gasteiger partial charge in [-0.25, -0.2) is 8.78 Å². The fourth-order valence-electron chi connectivity index (χ4n) is 0.929. The van der Waals surface area contributed by atoms with Crippen molar-refractivity contribution in [2.24, 2.45) is 0 Å². The summed E-state index contributed by atoms with van der Waals surface area (Å²) in [5.74, 6) is -2.60. The zero-order valence-corrected chi connectivity index (χ0v) is 5.40. The smallest absolute Gasteiger partial charge is 0.260 e. The Hall–Kier alpha value is -0.690. The molecule has 4 heteroatoms. The summed E-state index contributed by atoms with van der Waals surface area (Å²) in [4.78, 5) is 0. The van der Waals surface area contributed by atoms with E-state index in [1.165, 1.54) is 0 Å². The van der Waals surface area contributed by atoms with E-state index in [-0.39, 0.29) is 25.4 Å². The molecular weight excluding hydrogens is 138 g/mol. The highest BCUT2D eigenvalue weighted by Crippen LogP contribution is 2.23. The van der Waals surface area contributed by atoms with Crippen molar-refractivity contribution in [3.63, 3.8) is 0 Å². The maximum atomic E-state index is 12.3. The Morgan fingerprint density at radius 3 is 2.70 bits per heavy atom. The third-order valence-corrected chi connectivity index (χ3v) is 1.56. The van der Waals surface area contributed by atoms with Crippen LogP contribution in [0.5, 0.6) is 0 Å². The largest absolute Gasteiger partial charge is 0.296 e. The number of alkyl halides is 2. The Morgan fingerprint density at radius 2 is 2.30 bits per heavy atom. The molecule has 2 nitrogen and oxygen atoms in total. The second kappa shape index (κ2) is 2.51. The van der Waals surface area contributed by atoms with E-state index < -0.39 is 5.92 Å². The molecule has 1 heterocycles. The van der Waals surface area contributed by atoms with E-state index in [2.05, 4.69) is 5.32 Å². The third-order valence-electron chi connectivity index (χ3n) is 1.56. The first-order valence-electron chi connectivity index (χ1n) is 3.15. The Morgan fingerprint density at radius 1 is 1.60 bits per heavy atom. The molecule has 1 atom stereocenters. The molecule has 0 aliphatic carbocycles. The van der Waals surface area contributed by atoms with Gasteiger partial charge < -0.3 is 0 Å². The van der Waals surface area contributed by atoms with E-state index in [1.807, 2.05) is 6.07 Å². The number of piperidine rings is 1. The van der Waals surface area contributed by atoms with Crippen molar-refractivity contribution in [2.75, 3.05) is 6.54 Å². The quantitative estimate of drug-likeness (QED) is 0.551. The van der Waals surface area contributed by atoms with E-state index >= 15 is 0 Å². The molecule has 0 spiro atoms. The van der Waals surface area contributed by atoms with Crippen molar-refractivity contribution in [3.8, 4) is 6.07 Å². The lowest BCUT2D eigenvalue weighted by atomic mass is 10.0. The van der Waals surface area contributed by atoms with E-state index in [4.69, 9.17) is 5.26 Å². The van der Waals surface area contributed by atoms with Crippen LogP contribution in [-0.4, -0.2) is 18.5 Å². The van der Waals surface area contributed by atoms with Crippen LogP contribution in [-0.2, 0) is 0 Å². The van der Waals surface area contributed by atoms with Crippen molar-refractivity contribution in [1.82, 2.24) is 5.32 Å². The van der Waals surface area contributed by atoms with Crippen LogP contribution in [0.1, 0.15) is 12.8 Å². The van der Waals surface area contributed by atoms with Crippen molar-refractivity contribution < 1.29 is 8.78 Å². The molecule has 1 saturated heterocycles. The molecule has 0 aromatic heterocycles. The molecule has 0 radical (unpaired) electrons. The third kappa shape index (κ3) is 1.64. The first-order valence-corrected chi connectivity index (χ1v) is 3.15. The van der Waals surface area contributed by atoms with Gasteiger partial charge in [0.2, 0.25) is 0 Å². The maximum absolute atomic E-state index is 12.3. The standard InChI is InChI=1S/C6H8F2N2/c7-6(8)2-1-5(3-9)10-4-6/h5,10H,1-2,4H2. The van der Waals surface area contributed by atoms with Gasteiger partial charge in [0, 0.05) is 6.42 Å². The summed E-state index contributed by atoms with van der Waals surface area (Å²) in [5, 5.41) is 10.8. The molecule has 1 N–H and O–H groups in total. The van der Waals surface area contributed by atoms with Crippen LogP contribution in [0.25, 0.3) is 0 Å². The van der Waals surface area contributed by atoms with Crippen molar-refractivity contribution in [3.05, 3.63) is 0 Å².